The second-order valence-corrected chi connectivity index (χ2v) is 3.85. The van der Waals surface area contributed by atoms with Crippen LogP contribution in [0.4, 0.5) is 0 Å². The SMILES string of the molecule is N#CC(=CC(Cl)=Cc1ccccc1)C(N)=S. The van der Waals surface area contributed by atoms with E-state index < -0.39 is 0 Å². The van der Waals surface area contributed by atoms with Crippen molar-refractivity contribution < 1.29 is 0 Å². The van der Waals surface area contributed by atoms with E-state index in [-0.39, 0.29) is 10.6 Å². The van der Waals surface area contributed by atoms with Gasteiger partial charge in [-0.1, -0.05) is 54.2 Å². The average Bonchev–Trinajstić information content (AvgIpc) is 2.27. The van der Waals surface area contributed by atoms with E-state index in [1.54, 1.807) is 6.08 Å². The highest BCUT2D eigenvalue weighted by Gasteiger charge is 1.99. The van der Waals surface area contributed by atoms with E-state index in [1.807, 2.05) is 36.4 Å². The highest BCUT2D eigenvalue weighted by molar-refractivity contribution is 7.80. The third kappa shape index (κ3) is 3.85. The Morgan fingerprint density at radius 3 is 2.50 bits per heavy atom. The summed E-state index contributed by atoms with van der Waals surface area (Å²) in [6, 6.07) is 11.4. The molecule has 0 aliphatic carbocycles. The zero-order valence-electron chi connectivity index (χ0n) is 8.35. The Bertz CT molecular complexity index is 483. The second kappa shape index (κ2) is 6.06. The van der Waals surface area contributed by atoms with E-state index in [9.17, 15) is 0 Å². The number of nitrogens with two attached hydrogens (primary N) is 1. The Balaban J connectivity index is 2.96. The number of rotatable bonds is 3. The summed E-state index contributed by atoms with van der Waals surface area (Å²) in [5.41, 5.74) is 6.49. The fourth-order valence-corrected chi connectivity index (χ4v) is 1.39. The summed E-state index contributed by atoms with van der Waals surface area (Å²) in [5.74, 6) is 0. The van der Waals surface area contributed by atoms with E-state index in [1.165, 1.54) is 6.08 Å². The Labute approximate surface area is 105 Å². The maximum atomic E-state index is 8.74. The van der Waals surface area contributed by atoms with Crippen LogP contribution in [-0.2, 0) is 0 Å². The Kier molecular flexibility index (Phi) is 4.71. The number of hydrogen-bond acceptors (Lipinski definition) is 2. The van der Waals surface area contributed by atoms with Crippen LogP contribution in [0.5, 0.6) is 0 Å². The van der Waals surface area contributed by atoms with Gasteiger partial charge in [-0.05, 0) is 17.7 Å². The molecule has 0 aliphatic rings. The molecule has 0 unspecified atom stereocenters. The molecule has 1 rings (SSSR count). The van der Waals surface area contributed by atoms with Crippen LogP contribution in [0.25, 0.3) is 6.08 Å². The van der Waals surface area contributed by atoms with Gasteiger partial charge in [-0.3, -0.25) is 0 Å². The van der Waals surface area contributed by atoms with Gasteiger partial charge in [-0.15, -0.1) is 0 Å². The Hall–Kier alpha value is -1.63. The molecular weight excluding hydrogens is 240 g/mol. The molecule has 2 nitrogen and oxygen atoms in total. The summed E-state index contributed by atoms with van der Waals surface area (Å²) < 4.78 is 0. The maximum Gasteiger partial charge on any atom is 0.114 e. The molecule has 1 aromatic rings. The fraction of sp³-hybridized carbons (Fsp3) is 0. The molecule has 0 saturated heterocycles. The minimum atomic E-state index is 0.0436. The number of benzene rings is 1. The van der Waals surface area contributed by atoms with Crippen molar-refractivity contribution in [2.24, 2.45) is 5.73 Å². The number of nitrogens with zero attached hydrogens (tertiary/aromatic N) is 1. The summed E-state index contributed by atoms with van der Waals surface area (Å²) in [6.07, 6.45) is 3.19. The van der Waals surface area contributed by atoms with Gasteiger partial charge in [0, 0.05) is 5.03 Å². The van der Waals surface area contributed by atoms with Crippen LogP contribution in [0.15, 0.2) is 47.0 Å². The molecule has 0 amide bonds. The molecule has 16 heavy (non-hydrogen) atoms. The monoisotopic (exact) mass is 248 g/mol. The van der Waals surface area contributed by atoms with E-state index in [2.05, 4.69) is 0 Å². The molecule has 0 aliphatic heterocycles. The van der Waals surface area contributed by atoms with E-state index in [0.717, 1.165) is 5.56 Å². The van der Waals surface area contributed by atoms with Crippen molar-refractivity contribution in [2.45, 2.75) is 0 Å². The van der Waals surface area contributed by atoms with Crippen LogP contribution in [0.2, 0.25) is 0 Å². The normalized spacial score (nSPS) is 12.0. The van der Waals surface area contributed by atoms with Gasteiger partial charge in [0.25, 0.3) is 0 Å². The molecule has 0 atom stereocenters. The van der Waals surface area contributed by atoms with Crippen molar-refractivity contribution in [3.8, 4) is 6.07 Å². The molecule has 0 heterocycles. The largest absolute Gasteiger partial charge is 0.389 e. The first-order valence-electron chi connectivity index (χ1n) is 4.47. The van der Waals surface area contributed by atoms with E-state index in [0.29, 0.717) is 5.03 Å². The fourth-order valence-electron chi connectivity index (χ4n) is 1.05. The van der Waals surface area contributed by atoms with Gasteiger partial charge in [0.1, 0.15) is 11.1 Å². The standard InChI is InChI=1S/C12H9ClN2S/c13-11(7-10(8-14)12(15)16)6-9-4-2-1-3-5-9/h1-7H,(H2,15,16). The van der Waals surface area contributed by atoms with Gasteiger partial charge >= 0.3 is 0 Å². The summed E-state index contributed by atoms with van der Waals surface area (Å²) in [4.78, 5) is 0.0436. The first-order valence-corrected chi connectivity index (χ1v) is 5.26. The topological polar surface area (TPSA) is 49.8 Å². The lowest BCUT2D eigenvalue weighted by atomic mass is 10.2. The third-order valence-electron chi connectivity index (χ3n) is 1.77. The molecule has 0 fully saturated rings. The van der Waals surface area contributed by atoms with E-state index in [4.69, 9.17) is 34.8 Å². The van der Waals surface area contributed by atoms with Gasteiger partial charge < -0.3 is 5.73 Å². The number of halogens is 1. The first-order chi connectivity index (χ1) is 7.63. The Morgan fingerprint density at radius 1 is 1.38 bits per heavy atom. The van der Waals surface area contributed by atoms with Crippen molar-refractivity contribution in [3.63, 3.8) is 0 Å². The number of allylic oxidation sites excluding steroid dienone is 2. The van der Waals surface area contributed by atoms with Crippen LogP contribution >= 0.6 is 23.8 Å². The highest BCUT2D eigenvalue weighted by Crippen LogP contribution is 2.13. The molecular formula is C12H9ClN2S. The van der Waals surface area contributed by atoms with Gasteiger partial charge in [-0.25, -0.2) is 0 Å². The van der Waals surface area contributed by atoms with Gasteiger partial charge in [0.05, 0.1) is 5.57 Å². The molecule has 1 aromatic carbocycles. The van der Waals surface area contributed by atoms with Crippen LogP contribution in [0.3, 0.4) is 0 Å². The molecule has 0 saturated carbocycles. The molecule has 0 spiro atoms. The minimum Gasteiger partial charge on any atom is -0.389 e. The van der Waals surface area contributed by atoms with Gasteiger partial charge in [-0.2, -0.15) is 5.26 Å². The average molecular weight is 249 g/mol. The lowest BCUT2D eigenvalue weighted by Gasteiger charge is -1.95. The van der Waals surface area contributed by atoms with Crippen molar-refractivity contribution in [3.05, 3.63) is 52.6 Å². The van der Waals surface area contributed by atoms with Crippen LogP contribution in [0, 0.1) is 11.3 Å². The summed E-state index contributed by atoms with van der Waals surface area (Å²) in [6.45, 7) is 0. The molecule has 0 radical (unpaired) electrons. The molecule has 80 valence electrons. The van der Waals surface area contributed by atoms with E-state index >= 15 is 0 Å². The highest BCUT2D eigenvalue weighted by atomic mass is 35.5. The second-order valence-electron chi connectivity index (χ2n) is 2.97. The predicted molar refractivity (Wildman–Crippen MR) is 70.8 cm³/mol. The Morgan fingerprint density at radius 2 is 2.00 bits per heavy atom. The molecule has 4 heteroatoms. The first kappa shape index (κ1) is 12.4. The van der Waals surface area contributed by atoms with Crippen LogP contribution < -0.4 is 5.73 Å². The number of thiocarbonyl (C=S) groups is 1. The molecule has 0 aromatic heterocycles. The predicted octanol–water partition coefficient (Wildman–Crippen LogP) is 3.00. The summed E-state index contributed by atoms with van der Waals surface area (Å²) in [5, 5.41) is 9.15. The molecule has 2 N–H and O–H groups in total. The maximum absolute atomic E-state index is 8.74. The smallest absolute Gasteiger partial charge is 0.114 e. The van der Waals surface area contributed by atoms with Crippen molar-refractivity contribution >= 4 is 34.9 Å². The summed E-state index contributed by atoms with van der Waals surface area (Å²) >= 11 is 10.7. The van der Waals surface area contributed by atoms with Crippen molar-refractivity contribution in [1.29, 1.82) is 5.26 Å². The van der Waals surface area contributed by atoms with Crippen molar-refractivity contribution in [2.75, 3.05) is 0 Å². The lowest BCUT2D eigenvalue weighted by Crippen LogP contribution is -2.09. The quantitative estimate of drug-likeness (QED) is 0.387. The minimum absolute atomic E-state index is 0.0436. The lowest BCUT2D eigenvalue weighted by molar-refractivity contribution is 1.51. The van der Waals surface area contributed by atoms with Crippen LogP contribution in [0.1, 0.15) is 5.56 Å². The molecule has 0 bridgehead atoms. The number of hydrogen-bond donors (Lipinski definition) is 1. The number of nitriles is 1. The van der Waals surface area contributed by atoms with Crippen LogP contribution in [-0.4, -0.2) is 4.99 Å². The van der Waals surface area contributed by atoms with Gasteiger partial charge in [0.2, 0.25) is 0 Å². The van der Waals surface area contributed by atoms with Gasteiger partial charge in [0.15, 0.2) is 0 Å². The third-order valence-corrected chi connectivity index (χ3v) is 2.21. The summed E-state index contributed by atoms with van der Waals surface area (Å²) in [7, 11) is 0. The van der Waals surface area contributed by atoms with Crippen molar-refractivity contribution in [1.82, 2.24) is 0 Å². The zero-order chi connectivity index (χ0) is 12.0. The zero-order valence-corrected chi connectivity index (χ0v) is 9.92.